The number of ether oxygens (including phenoxy) is 1. The van der Waals surface area contributed by atoms with Crippen molar-refractivity contribution in [2.24, 2.45) is 5.10 Å². The predicted molar refractivity (Wildman–Crippen MR) is 240 cm³/mol. The zero-order valence-corrected chi connectivity index (χ0v) is 37.0. The van der Waals surface area contributed by atoms with Crippen molar-refractivity contribution in [2.45, 2.75) is 56.0 Å². The van der Waals surface area contributed by atoms with E-state index in [1.165, 1.54) is 48.8 Å². The Labute approximate surface area is 373 Å². The summed E-state index contributed by atoms with van der Waals surface area (Å²) < 4.78 is 69.5. The molecule has 65 heavy (non-hydrogen) atoms. The van der Waals surface area contributed by atoms with Crippen LogP contribution >= 0.6 is 0 Å². The van der Waals surface area contributed by atoms with E-state index in [-0.39, 0.29) is 45.5 Å². The molecular formula is C42H47N11O10S2. The van der Waals surface area contributed by atoms with Crippen LogP contribution < -0.4 is 30.8 Å². The normalized spacial score (nSPS) is 12.2. The quantitative estimate of drug-likeness (QED) is 0.0209. The number of hydrogen-bond acceptors (Lipinski definition) is 14. The van der Waals surface area contributed by atoms with Crippen LogP contribution in [0.3, 0.4) is 0 Å². The molecular weight excluding hydrogens is 883 g/mol. The molecule has 1 atom stereocenters. The molecule has 0 aliphatic carbocycles. The molecule has 23 heteroatoms. The maximum Gasteiger partial charge on any atom is 0.323 e. The molecule has 6 rings (SSSR count). The Bertz CT molecular complexity index is 2900. The number of sulfonamides is 1. The number of benzene rings is 3. The molecule has 0 saturated carbocycles. The summed E-state index contributed by atoms with van der Waals surface area (Å²) in [5, 5.41) is 27.5. The molecule has 0 radical (unpaired) electrons. The van der Waals surface area contributed by atoms with E-state index in [1.807, 2.05) is 6.92 Å². The van der Waals surface area contributed by atoms with E-state index >= 15 is 0 Å². The average molecular weight is 930 g/mol. The number of carbonyl (C=O) groups is 3. The summed E-state index contributed by atoms with van der Waals surface area (Å²) in [5.41, 5.74) is 5.50. The first-order chi connectivity index (χ1) is 31.0. The lowest BCUT2D eigenvalue weighted by atomic mass is 10.1. The molecule has 3 heterocycles. The fourth-order valence-electron chi connectivity index (χ4n) is 6.86. The number of pyridine rings is 1. The second kappa shape index (κ2) is 21.0. The standard InChI is InChI=1S/C42H47N11O10S2/c1-26-18-27(2)38(28(3)19-26)64(58,59)52-33(41(56)57)25-48-40(55)31-20-32-24-50-53(16-6-12-44-42-45-14-15-46-42)37(32)34(21-31)63-17-7-13-43-39(54)30-10-11-36(47-22-30)51-49-23-29-8-4-5-9-35(29)65(60,61)62/h4-5,8-11,14-15,18-24,33,52H,6-7,12-13,16-17,25H2,1-3H3,(H,43,54)(H,47,51)(H,48,55)(H,56,57)(H2,44,45,46)(H,60,61,62)/b49-23+/t33-/m0/s1. The Kier molecular flexibility index (Phi) is 15.3. The summed E-state index contributed by atoms with van der Waals surface area (Å²) in [4.78, 5) is 49.7. The number of carboxylic acid groups (broad SMARTS) is 1. The van der Waals surface area contributed by atoms with Gasteiger partial charge in [-0.25, -0.2) is 18.4 Å². The number of fused-ring (bicyclic) bond motifs is 1. The van der Waals surface area contributed by atoms with Crippen LogP contribution in [-0.4, -0.2) is 108 Å². The highest BCUT2D eigenvalue weighted by Crippen LogP contribution is 2.29. The number of anilines is 2. The second-order valence-electron chi connectivity index (χ2n) is 14.7. The predicted octanol–water partition coefficient (Wildman–Crippen LogP) is 3.63. The number of hydrazone groups is 1. The minimum Gasteiger partial charge on any atom is -0.491 e. The van der Waals surface area contributed by atoms with Crippen molar-refractivity contribution in [3.05, 3.63) is 119 Å². The van der Waals surface area contributed by atoms with Crippen LogP contribution in [0.1, 0.15) is 55.8 Å². The van der Waals surface area contributed by atoms with Gasteiger partial charge in [0.25, 0.3) is 21.9 Å². The number of aromatic nitrogens is 5. The zero-order valence-electron chi connectivity index (χ0n) is 35.4. The highest BCUT2D eigenvalue weighted by atomic mass is 32.2. The summed E-state index contributed by atoms with van der Waals surface area (Å²) in [6.45, 7) is 5.84. The second-order valence-corrected chi connectivity index (χ2v) is 17.8. The molecule has 0 fully saturated rings. The van der Waals surface area contributed by atoms with Gasteiger partial charge in [-0.1, -0.05) is 35.9 Å². The first-order valence-electron chi connectivity index (χ1n) is 20.1. The molecule has 0 unspecified atom stereocenters. The molecule has 21 nitrogen and oxygen atoms in total. The maximum atomic E-state index is 13.6. The van der Waals surface area contributed by atoms with Crippen molar-refractivity contribution >= 4 is 66.8 Å². The maximum absolute atomic E-state index is 13.6. The van der Waals surface area contributed by atoms with E-state index in [0.29, 0.717) is 59.7 Å². The van der Waals surface area contributed by atoms with Crippen LogP contribution in [0.15, 0.2) is 100 Å². The first-order valence-corrected chi connectivity index (χ1v) is 23.0. The number of nitrogens with zero attached hydrogens (tertiary/aromatic N) is 5. The third kappa shape index (κ3) is 12.5. The van der Waals surface area contributed by atoms with Crippen LogP contribution in [-0.2, 0) is 31.5 Å². The van der Waals surface area contributed by atoms with Crippen molar-refractivity contribution in [1.29, 1.82) is 0 Å². The zero-order chi connectivity index (χ0) is 46.7. The number of rotatable bonds is 22. The number of carboxylic acids is 1. The van der Waals surface area contributed by atoms with E-state index in [9.17, 15) is 40.9 Å². The lowest BCUT2D eigenvalue weighted by molar-refractivity contribution is -0.138. The highest BCUT2D eigenvalue weighted by molar-refractivity contribution is 7.89. The SMILES string of the molecule is Cc1cc(C)c(S(=O)(=O)N[C@@H](CNC(=O)c2cc(OCCCNC(=O)c3ccc(N/N=C/c4ccccc4S(=O)(=O)O)nc3)c3c(cnn3CCCNc3ncc[nH]3)c2)C(=O)O)c(C)c1. The van der Waals surface area contributed by atoms with Crippen molar-refractivity contribution in [3.8, 4) is 5.75 Å². The van der Waals surface area contributed by atoms with E-state index in [2.05, 4.69) is 51.3 Å². The largest absolute Gasteiger partial charge is 0.491 e. The van der Waals surface area contributed by atoms with Gasteiger partial charge in [-0.15, -0.1) is 0 Å². The number of amides is 2. The molecule has 2 amide bonds. The van der Waals surface area contributed by atoms with E-state index in [4.69, 9.17) is 4.74 Å². The number of aryl methyl sites for hydroxylation is 4. The number of carbonyl (C=O) groups excluding carboxylic acids is 2. The third-order valence-corrected chi connectivity index (χ3v) is 12.4. The van der Waals surface area contributed by atoms with Crippen molar-refractivity contribution < 1.29 is 45.6 Å². The van der Waals surface area contributed by atoms with Gasteiger partial charge in [0.05, 0.1) is 29.5 Å². The van der Waals surface area contributed by atoms with Gasteiger partial charge in [-0.3, -0.25) is 29.0 Å². The number of H-pyrrole nitrogens is 1. The number of hydrogen-bond donors (Lipinski definition) is 8. The average Bonchev–Trinajstić information content (AvgIpc) is 3.93. The Hall–Kier alpha value is -7.21. The molecule has 0 aliphatic rings. The van der Waals surface area contributed by atoms with E-state index in [0.717, 1.165) is 5.56 Å². The molecule has 8 N–H and O–H groups in total. The molecule has 0 aliphatic heterocycles. The monoisotopic (exact) mass is 929 g/mol. The minimum atomic E-state index is -4.45. The number of aromatic amines is 1. The smallest absolute Gasteiger partial charge is 0.323 e. The third-order valence-electron chi connectivity index (χ3n) is 9.70. The van der Waals surface area contributed by atoms with Crippen molar-refractivity contribution in [3.63, 3.8) is 0 Å². The molecule has 0 bridgehead atoms. The Morgan fingerprint density at radius 1 is 0.908 bits per heavy atom. The summed E-state index contributed by atoms with van der Waals surface area (Å²) in [6, 6.07) is 13.5. The molecule has 3 aromatic heterocycles. The van der Waals surface area contributed by atoms with Crippen molar-refractivity contribution in [1.82, 2.24) is 40.1 Å². The Balaban J connectivity index is 1.08. The van der Waals surface area contributed by atoms with Gasteiger partial charge in [-0.2, -0.15) is 23.3 Å². The molecule has 3 aromatic carbocycles. The van der Waals surface area contributed by atoms with Gasteiger partial charge in [0.1, 0.15) is 28.0 Å². The molecule has 342 valence electrons. The van der Waals surface area contributed by atoms with Crippen LogP contribution in [0.4, 0.5) is 11.8 Å². The summed E-state index contributed by atoms with van der Waals surface area (Å²) in [6.07, 6.45) is 8.43. The van der Waals surface area contributed by atoms with Gasteiger partial charge in [0.2, 0.25) is 10.0 Å². The molecule has 6 aromatic rings. The first kappa shape index (κ1) is 47.3. The summed E-state index contributed by atoms with van der Waals surface area (Å²) in [5.74, 6) is -1.40. The molecule has 0 saturated heterocycles. The highest BCUT2D eigenvalue weighted by Gasteiger charge is 2.29. The number of aliphatic carboxylic acids is 1. The van der Waals surface area contributed by atoms with Gasteiger partial charge >= 0.3 is 5.97 Å². The number of nitrogens with one attached hydrogen (secondary N) is 6. The lowest BCUT2D eigenvalue weighted by Crippen LogP contribution is -2.48. The van der Waals surface area contributed by atoms with Crippen LogP contribution in [0.5, 0.6) is 5.75 Å². The number of imidazole rings is 1. The summed E-state index contributed by atoms with van der Waals surface area (Å²) >= 11 is 0. The van der Waals surface area contributed by atoms with E-state index < -0.39 is 50.5 Å². The summed E-state index contributed by atoms with van der Waals surface area (Å²) in [7, 11) is -8.74. The fraction of sp³-hybridized carbons (Fsp3) is 0.262. The Morgan fingerprint density at radius 3 is 2.35 bits per heavy atom. The van der Waals surface area contributed by atoms with Gasteiger partial charge in [-0.05, 0) is 75.1 Å². The van der Waals surface area contributed by atoms with Crippen molar-refractivity contribution in [2.75, 3.05) is 37.0 Å². The fourth-order valence-corrected chi connectivity index (χ4v) is 9.17. The van der Waals surface area contributed by atoms with E-state index in [1.54, 1.807) is 61.4 Å². The lowest BCUT2D eigenvalue weighted by Gasteiger charge is -2.18. The van der Waals surface area contributed by atoms with Gasteiger partial charge in [0, 0.05) is 61.3 Å². The van der Waals surface area contributed by atoms with Crippen LogP contribution in [0.2, 0.25) is 0 Å². The van der Waals surface area contributed by atoms with Gasteiger partial charge in [0.15, 0.2) is 5.95 Å². The topological polar surface area (TPSA) is 301 Å². The minimum absolute atomic E-state index is 0.0321. The van der Waals surface area contributed by atoms with Crippen LogP contribution in [0, 0.1) is 20.8 Å². The Morgan fingerprint density at radius 2 is 1.66 bits per heavy atom. The van der Waals surface area contributed by atoms with Crippen LogP contribution in [0.25, 0.3) is 10.9 Å². The molecule has 0 spiro atoms. The van der Waals surface area contributed by atoms with Gasteiger partial charge < -0.3 is 30.8 Å².